The fourth-order valence-electron chi connectivity index (χ4n) is 2.14. The molecule has 0 atom stereocenters. The summed E-state index contributed by atoms with van der Waals surface area (Å²) in [6, 6.07) is 11.0. The Bertz CT molecular complexity index is 851. The minimum Gasteiger partial charge on any atom is -0.383 e. The largest absolute Gasteiger partial charge is 0.383 e. The van der Waals surface area contributed by atoms with E-state index in [0.29, 0.717) is 27.9 Å². The third-order valence-corrected chi connectivity index (χ3v) is 3.83. The zero-order chi connectivity index (χ0) is 15.7. The van der Waals surface area contributed by atoms with Crippen molar-refractivity contribution in [3.63, 3.8) is 0 Å². The molecule has 0 aliphatic rings. The van der Waals surface area contributed by atoms with E-state index in [1.165, 1.54) is 0 Å². The highest BCUT2D eigenvalue weighted by atomic mass is 35.5. The van der Waals surface area contributed by atoms with Gasteiger partial charge in [0.2, 0.25) is 5.95 Å². The van der Waals surface area contributed by atoms with Gasteiger partial charge in [0, 0.05) is 27.7 Å². The maximum Gasteiger partial charge on any atom is 0.222 e. The Morgan fingerprint density at radius 3 is 2.59 bits per heavy atom. The molecular formula is C15H13Cl2N5. The Balaban J connectivity index is 1.85. The van der Waals surface area contributed by atoms with Crippen molar-refractivity contribution in [2.24, 2.45) is 0 Å². The molecule has 0 amide bonds. The molecule has 0 aliphatic carbocycles. The van der Waals surface area contributed by atoms with E-state index in [-0.39, 0.29) is 5.95 Å². The van der Waals surface area contributed by atoms with Crippen LogP contribution in [0.5, 0.6) is 0 Å². The number of benzene rings is 2. The van der Waals surface area contributed by atoms with E-state index >= 15 is 0 Å². The smallest absolute Gasteiger partial charge is 0.222 e. The monoisotopic (exact) mass is 333 g/mol. The Kier molecular flexibility index (Phi) is 3.92. The summed E-state index contributed by atoms with van der Waals surface area (Å²) in [6.07, 6.45) is 0. The number of fused-ring (bicyclic) bond motifs is 1. The summed E-state index contributed by atoms with van der Waals surface area (Å²) in [7, 11) is 0. The number of anilines is 3. The molecule has 1 aromatic heterocycles. The molecule has 0 unspecified atom stereocenters. The van der Waals surface area contributed by atoms with Gasteiger partial charge in [-0.05, 0) is 35.9 Å². The van der Waals surface area contributed by atoms with E-state index in [4.69, 9.17) is 34.7 Å². The molecule has 5 N–H and O–H groups in total. The molecule has 0 fully saturated rings. The molecule has 22 heavy (non-hydrogen) atoms. The highest BCUT2D eigenvalue weighted by Gasteiger charge is 2.05. The van der Waals surface area contributed by atoms with E-state index in [0.717, 1.165) is 16.6 Å². The van der Waals surface area contributed by atoms with Crippen LogP contribution >= 0.6 is 23.2 Å². The first-order valence-corrected chi connectivity index (χ1v) is 7.29. The second-order valence-electron chi connectivity index (χ2n) is 4.79. The third-order valence-electron chi connectivity index (χ3n) is 3.24. The number of nitrogen functional groups attached to an aromatic ring is 2. The van der Waals surface area contributed by atoms with Crippen LogP contribution in [0.1, 0.15) is 5.56 Å². The molecule has 0 aliphatic heterocycles. The van der Waals surface area contributed by atoms with Gasteiger partial charge in [0.1, 0.15) is 5.82 Å². The van der Waals surface area contributed by atoms with Crippen molar-refractivity contribution in [3.8, 4) is 0 Å². The Labute approximate surface area is 137 Å². The van der Waals surface area contributed by atoms with Gasteiger partial charge in [-0.3, -0.25) is 0 Å². The maximum absolute atomic E-state index is 6.16. The van der Waals surface area contributed by atoms with Crippen LogP contribution in [0.3, 0.4) is 0 Å². The molecule has 3 rings (SSSR count). The molecule has 2 aromatic carbocycles. The van der Waals surface area contributed by atoms with Crippen LogP contribution in [0.2, 0.25) is 10.0 Å². The molecule has 0 saturated carbocycles. The van der Waals surface area contributed by atoms with Crippen molar-refractivity contribution < 1.29 is 0 Å². The molecule has 5 nitrogen and oxygen atoms in total. The fourth-order valence-corrected chi connectivity index (χ4v) is 2.62. The first-order chi connectivity index (χ1) is 10.5. The van der Waals surface area contributed by atoms with E-state index in [1.807, 2.05) is 24.3 Å². The predicted molar refractivity (Wildman–Crippen MR) is 92.2 cm³/mol. The van der Waals surface area contributed by atoms with Gasteiger partial charge in [-0.1, -0.05) is 29.3 Å². The van der Waals surface area contributed by atoms with Gasteiger partial charge in [0.15, 0.2) is 0 Å². The highest BCUT2D eigenvalue weighted by molar-refractivity contribution is 6.35. The van der Waals surface area contributed by atoms with Gasteiger partial charge in [0.05, 0.1) is 5.52 Å². The summed E-state index contributed by atoms with van der Waals surface area (Å²) in [5.41, 5.74) is 14.0. The summed E-state index contributed by atoms with van der Waals surface area (Å²) in [6.45, 7) is 0.567. The van der Waals surface area contributed by atoms with Crippen LogP contribution in [0.25, 0.3) is 10.9 Å². The first-order valence-electron chi connectivity index (χ1n) is 6.53. The van der Waals surface area contributed by atoms with Crippen LogP contribution in [0, 0.1) is 0 Å². The van der Waals surface area contributed by atoms with E-state index in [1.54, 1.807) is 12.1 Å². The third kappa shape index (κ3) is 3.00. The molecule has 0 bridgehead atoms. The summed E-state index contributed by atoms with van der Waals surface area (Å²) in [5, 5.41) is 5.27. The lowest BCUT2D eigenvalue weighted by molar-refractivity contribution is 1.15. The van der Waals surface area contributed by atoms with Crippen molar-refractivity contribution in [1.29, 1.82) is 0 Å². The summed E-state index contributed by atoms with van der Waals surface area (Å²) < 4.78 is 0. The quantitative estimate of drug-likeness (QED) is 0.679. The normalized spacial score (nSPS) is 10.8. The Morgan fingerprint density at radius 1 is 1.00 bits per heavy atom. The van der Waals surface area contributed by atoms with Crippen LogP contribution in [-0.4, -0.2) is 9.97 Å². The number of halogens is 2. The van der Waals surface area contributed by atoms with Gasteiger partial charge in [-0.2, -0.15) is 4.98 Å². The van der Waals surface area contributed by atoms with Gasteiger partial charge < -0.3 is 16.8 Å². The number of nitrogens with zero attached hydrogens (tertiary/aromatic N) is 2. The molecular weight excluding hydrogens is 321 g/mol. The zero-order valence-electron chi connectivity index (χ0n) is 11.5. The average Bonchev–Trinajstić information content (AvgIpc) is 2.46. The number of nitrogens with two attached hydrogens (primary N) is 2. The van der Waals surface area contributed by atoms with E-state index in [9.17, 15) is 0 Å². The standard InChI is InChI=1S/C15H13Cl2N5/c16-9-2-1-8(12(17)5-9)7-20-10-3-4-13-11(6-10)14(18)22-15(19)21-13/h1-6,20H,7H2,(H4,18,19,21,22). The maximum atomic E-state index is 6.16. The molecule has 0 saturated heterocycles. The molecule has 0 spiro atoms. The van der Waals surface area contributed by atoms with Gasteiger partial charge >= 0.3 is 0 Å². The van der Waals surface area contributed by atoms with Crippen LogP contribution in [0.4, 0.5) is 17.5 Å². The lowest BCUT2D eigenvalue weighted by atomic mass is 10.2. The van der Waals surface area contributed by atoms with Gasteiger partial charge in [-0.25, -0.2) is 4.98 Å². The van der Waals surface area contributed by atoms with Crippen LogP contribution < -0.4 is 16.8 Å². The summed E-state index contributed by atoms with van der Waals surface area (Å²) >= 11 is 12.0. The second kappa shape index (κ2) is 5.87. The molecule has 7 heteroatoms. The number of hydrogen-bond acceptors (Lipinski definition) is 5. The summed E-state index contributed by atoms with van der Waals surface area (Å²) in [5.74, 6) is 0.523. The van der Waals surface area contributed by atoms with E-state index in [2.05, 4.69) is 15.3 Å². The lowest BCUT2D eigenvalue weighted by Crippen LogP contribution is -2.03. The zero-order valence-corrected chi connectivity index (χ0v) is 13.0. The number of rotatable bonds is 3. The number of nitrogens with one attached hydrogen (secondary N) is 1. The van der Waals surface area contributed by atoms with Crippen molar-refractivity contribution in [2.45, 2.75) is 6.54 Å². The fraction of sp³-hybridized carbons (Fsp3) is 0.0667. The SMILES string of the molecule is Nc1nc(N)c2cc(NCc3ccc(Cl)cc3Cl)ccc2n1. The second-order valence-corrected chi connectivity index (χ2v) is 5.63. The van der Waals surface area contributed by atoms with Gasteiger partial charge in [-0.15, -0.1) is 0 Å². The predicted octanol–water partition coefficient (Wildman–Crippen LogP) is 3.71. The topological polar surface area (TPSA) is 89.8 Å². The molecule has 1 heterocycles. The van der Waals surface area contributed by atoms with Crippen molar-refractivity contribution >= 4 is 51.6 Å². The minimum atomic E-state index is 0.165. The van der Waals surface area contributed by atoms with Gasteiger partial charge in [0.25, 0.3) is 0 Å². The lowest BCUT2D eigenvalue weighted by Gasteiger charge is -2.10. The van der Waals surface area contributed by atoms with E-state index < -0.39 is 0 Å². The van der Waals surface area contributed by atoms with Crippen molar-refractivity contribution in [3.05, 3.63) is 52.0 Å². The molecule has 3 aromatic rings. The van der Waals surface area contributed by atoms with Crippen molar-refractivity contribution in [2.75, 3.05) is 16.8 Å². The number of aromatic nitrogens is 2. The minimum absolute atomic E-state index is 0.165. The first kappa shape index (κ1) is 14.7. The average molecular weight is 334 g/mol. The molecule has 112 valence electrons. The summed E-state index contributed by atoms with van der Waals surface area (Å²) in [4.78, 5) is 8.11. The molecule has 0 radical (unpaired) electrons. The number of hydrogen-bond donors (Lipinski definition) is 3. The van der Waals surface area contributed by atoms with Crippen molar-refractivity contribution in [1.82, 2.24) is 9.97 Å². The van der Waals surface area contributed by atoms with Crippen LogP contribution in [0.15, 0.2) is 36.4 Å². The highest BCUT2D eigenvalue weighted by Crippen LogP contribution is 2.25. The van der Waals surface area contributed by atoms with Crippen LogP contribution in [-0.2, 0) is 6.54 Å². The Morgan fingerprint density at radius 2 is 1.82 bits per heavy atom. The Hall–Kier alpha value is -2.24.